The lowest BCUT2D eigenvalue weighted by Crippen LogP contribution is -2.56. The summed E-state index contributed by atoms with van der Waals surface area (Å²) in [5, 5.41) is 18.3. The van der Waals surface area contributed by atoms with Gasteiger partial charge in [0.1, 0.15) is 0 Å². The van der Waals surface area contributed by atoms with Crippen molar-refractivity contribution in [1.29, 1.82) is 0 Å². The highest BCUT2D eigenvalue weighted by atomic mass is 19.1. The average Bonchev–Trinajstić information content (AvgIpc) is 2.55. The molecule has 1 saturated heterocycles. The number of ether oxygens (including phenoxy) is 2. The molecule has 2 N–H and O–H groups in total. The fourth-order valence-corrected chi connectivity index (χ4v) is 2.61. The molecule has 0 bridgehead atoms. The highest BCUT2D eigenvalue weighted by Gasteiger charge is 2.32. The van der Waals surface area contributed by atoms with Gasteiger partial charge in [-0.1, -0.05) is 6.07 Å². The second-order valence-electron chi connectivity index (χ2n) is 5.27. The van der Waals surface area contributed by atoms with Crippen molar-refractivity contribution in [2.24, 2.45) is 0 Å². The molecule has 0 spiro atoms. The summed E-state index contributed by atoms with van der Waals surface area (Å²) in [7, 11) is 1.39. The van der Waals surface area contributed by atoms with Gasteiger partial charge in [0.15, 0.2) is 17.3 Å². The Kier molecular flexibility index (Phi) is 5.67. The zero-order chi connectivity index (χ0) is 17.7. The SMILES string of the molecule is COc1cccc(F)c1OCC[C@@H]1CN(C(=O)O)CCN1C(=O)O. The highest BCUT2D eigenvalue weighted by molar-refractivity contribution is 5.68. The third-order valence-corrected chi connectivity index (χ3v) is 3.85. The van der Waals surface area contributed by atoms with E-state index in [1.165, 1.54) is 24.1 Å². The number of hydrogen-bond donors (Lipinski definition) is 2. The van der Waals surface area contributed by atoms with Gasteiger partial charge in [-0.05, 0) is 12.1 Å². The molecule has 1 atom stereocenters. The van der Waals surface area contributed by atoms with Crippen LogP contribution in [0.1, 0.15) is 6.42 Å². The summed E-state index contributed by atoms with van der Waals surface area (Å²) in [6, 6.07) is 3.72. The van der Waals surface area contributed by atoms with Crippen molar-refractivity contribution >= 4 is 12.2 Å². The summed E-state index contributed by atoms with van der Waals surface area (Å²) >= 11 is 0. The second-order valence-corrected chi connectivity index (χ2v) is 5.27. The van der Waals surface area contributed by atoms with Gasteiger partial charge < -0.3 is 29.5 Å². The maximum atomic E-state index is 13.8. The number of benzene rings is 1. The minimum absolute atomic E-state index is 0.0270. The first-order valence-electron chi connectivity index (χ1n) is 7.36. The van der Waals surface area contributed by atoms with Crippen LogP contribution in [-0.4, -0.2) is 71.6 Å². The number of halogens is 1. The van der Waals surface area contributed by atoms with Crippen molar-refractivity contribution in [3.8, 4) is 11.5 Å². The normalized spacial score (nSPS) is 17.5. The van der Waals surface area contributed by atoms with Gasteiger partial charge in [-0.25, -0.2) is 14.0 Å². The summed E-state index contributed by atoms with van der Waals surface area (Å²) < 4.78 is 24.2. The Balaban J connectivity index is 2.00. The molecule has 24 heavy (non-hydrogen) atoms. The molecule has 2 amide bonds. The van der Waals surface area contributed by atoms with Crippen LogP contribution in [-0.2, 0) is 0 Å². The molecule has 8 nitrogen and oxygen atoms in total. The standard InChI is InChI=1S/C15H19FN2O6/c1-23-12-4-2-3-11(16)13(12)24-8-5-10-9-17(14(19)20)6-7-18(10)15(21)22/h2-4,10H,5-9H2,1H3,(H,19,20)(H,21,22)/t10-/m1/s1. The molecule has 0 unspecified atom stereocenters. The number of piperazine rings is 1. The van der Waals surface area contributed by atoms with Crippen molar-refractivity contribution < 1.29 is 33.7 Å². The predicted octanol–water partition coefficient (Wildman–Crippen LogP) is 1.95. The van der Waals surface area contributed by atoms with E-state index in [9.17, 15) is 19.1 Å². The number of hydrogen-bond acceptors (Lipinski definition) is 4. The van der Waals surface area contributed by atoms with Gasteiger partial charge in [-0.15, -0.1) is 0 Å². The topological polar surface area (TPSA) is 99.5 Å². The smallest absolute Gasteiger partial charge is 0.407 e. The van der Waals surface area contributed by atoms with Crippen molar-refractivity contribution in [3.05, 3.63) is 24.0 Å². The van der Waals surface area contributed by atoms with Crippen LogP contribution in [0.25, 0.3) is 0 Å². The van der Waals surface area contributed by atoms with Crippen LogP contribution in [0.3, 0.4) is 0 Å². The summed E-state index contributed by atoms with van der Waals surface area (Å²) in [6.07, 6.45) is -1.98. The summed E-state index contributed by atoms with van der Waals surface area (Å²) in [4.78, 5) is 24.7. The molecule has 1 fully saturated rings. The van der Waals surface area contributed by atoms with Gasteiger partial charge in [0, 0.05) is 26.1 Å². The molecule has 2 rings (SSSR count). The molecular formula is C15H19FN2O6. The molecule has 0 aliphatic carbocycles. The van der Waals surface area contributed by atoms with Gasteiger partial charge >= 0.3 is 12.2 Å². The maximum absolute atomic E-state index is 13.8. The van der Waals surface area contributed by atoms with E-state index in [2.05, 4.69) is 0 Å². The highest BCUT2D eigenvalue weighted by Crippen LogP contribution is 2.30. The Bertz CT molecular complexity index is 612. The lowest BCUT2D eigenvalue weighted by molar-refractivity contribution is 0.0559. The fraction of sp³-hybridized carbons (Fsp3) is 0.467. The average molecular weight is 342 g/mol. The van der Waals surface area contributed by atoms with E-state index in [1.807, 2.05) is 0 Å². The first-order chi connectivity index (χ1) is 11.4. The van der Waals surface area contributed by atoms with Crippen LogP contribution in [0.15, 0.2) is 18.2 Å². The molecule has 0 aromatic heterocycles. The number of amides is 2. The zero-order valence-electron chi connectivity index (χ0n) is 13.1. The summed E-state index contributed by atoms with van der Waals surface area (Å²) in [6.45, 7) is 0.300. The van der Waals surface area contributed by atoms with Gasteiger partial charge in [-0.2, -0.15) is 0 Å². The molecule has 1 aliphatic heterocycles. The van der Waals surface area contributed by atoms with E-state index in [1.54, 1.807) is 6.07 Å². The number of carboxylic acid groups (broad SMARTS) is 2. The van der Waals surface area contributed by atoms with Crippen molar-refractivity contribution in [3.63, 3.8) is 0 Å². The molecule has 1 aromatic rings. The number of nitrogens with zero attached hydrogens (tertiary/aromatic N) is 2. The Morgan fingerprint density at radius 2 is 2.04 bits per heavy atom. The minimum Gasteiger partial charge on any atom is -0.493 e. The molecule has 0 saturated carbocycles. The van der Waals surface area contributed by atoms with Gasteiger partial charge in [0.05, 0.1) is 19.8 Å². The van der Waals surface area contributed by atoms with Crippen LogP contribution in [0, 0.1) is 5.82 Å². The van der Waals surface area contributed by atoms with Gasteiger partial charge in [0.25, 0.3) is 0 Å². The lowest BCUT2D eigenvalue weighted by atomic mass is 10.1. The molecule has 1 heterocycles. The van der Waals surface area contributed by atoms with Crippen LogP contribution in [0.2, 0.25) is 0 Å². The number of rotatable bonds is 5. The Morgan fingerprint density at radius 1 is 1.29 bits per heavy atom. The molecule has 1 aromatic carbocycles. The third kappa shape index (κ3) is 3.98. The molecule has 1 aliphatic rings. The monoisotopic (exact) mass is 342 g/mol. The minimum atomic E-state index is -1.12. The maximum Gasteiger partial charge on any atom is 0.407 e. The second kappa shape index (κ2) is 7.71. The number of carbonyl (C=O) groups is 2. The first kappa shape index (κ1) is 17.6. The zero-order valence-corrected chi connectivity index (χ0v) is 13.1. The van der Waals surface area contributed by atoms with E-state index in [-0.39, 0.29) is 44.2 Å². The van der Waals surface area contributed by atoms with Gasteiger partial charge in [-0.3, -0.25) is 0 Å². The van der Waals surface area contributed by atoms with Crippen molar-refractivity contribution in [2.75, 3.05) is 33.4 Å². The largest absolute Gasteiger partial charge is 0.493 e. The van der Waals surface area contributed by atoms with E-state index in [0.717, 1.165) is 4.90 Å². The molecular weight excluding hydrogens is 323 g/mol. The Labute approximate surface area is 138 Å². The Hall–Kier alpha value is -2.71. The number of para-hydroxylation sites is 1. The third-order valence-electron chi connectivity index (χ3n) is 3.85. The molecule has 132 valence electrons. The lowest BCUT2D eigenvalue weighted by Gasteiger charge is -2.38. The predicted molar refractivity (Wildman–Crippen MR) is 81.2 cm³/mol. The summed E-state index contributed by atoms with van der Waals surface area (Å²) in [5.74, 6) is -0.395. The van der Waals surface area contributed by atoms with E-state index >= 15 is 0 Å². The van der Waals surface area contributed by atoms with Gasteiger partial charge in [0.2, 0.25) is 0 Å². The van der Waals surface area contributed by atoms with Crippen molar-refractivity contribution in [2.45, 2.75) is 12.5 Å². The van der Waals surface area contributed by atoms with Crippen molar-refractivity contribution in [1.82, 2.24) is 9.80 Å². The first-order valence-corrected chi connectivity index (χ1v) is 7.36. The molecule has 0 radical (unpaired) electrons. The fourth-order valence-electron chi connectivity index (χ4n) is 2.61. The Morgan fingerprint density at radius 3 is 2.67 bits per heavy atom. The van der Waals surface area contributed by atoms with Crippen LogP contribution in [0.4, 0.5) is 14.0 Å². The van der Waals surface area contributed by atoms with E-state index in [0.29, 0.717) is 0 Å². The van der Waals surface area contributed by atoms with Crippen LogP contribution in [0.5, 0.6) is 11.5 Å². The van der Waals surface area contributed by atoms with E-state index in [4.69, 9.17) is 14.6 Å². The number of methoxy groups -OCH3 is 1. The quantitative estimate of drug-likeness (QED) is 0.848. The van der Waals surface area contributed by atoms with Crippen LogP contribution >= 0.6 is 0 Å². The molecule has 9 heteroatoms. The van der Waals surface area contributed by atoms with E-state index < -0.39 is 24.0 Å². The summed E-state index contributed by atoms with van der Waals surface area (Å²) in [5.41, 5.74) is 0. The van der Waals surface area contributed by atoms with Crippen LogP contribution < -0.4 is 9.47 Å².